The van der Waals surface area contributed by atoms with Gasteiger partial charge in [0.25, 0.3) is 5.91 Å². The summed E-state index contributed by atoms with van der Waals surface area (Å²) in [6, 6.07) is 7.43. The molecule has 0 bridgehead atoms. The Labute approximate surface area is 162 Å². The topological polar surface area (TPSA) is 36.4 Å². The normalized spacial score (nSPS) is 23.6. The van der Waals surface area contributed by atoms with Crippen molar-refractivity contribution in [1.29, 1.82) is 0 Å². The number of hydrogen-bond acceptors (Lipinski definition) is 3. The monoisotopic (exact) mass is 389 g/mol. The molecule has 2 atom stereocenters. The number of halogens is 3. The van der Waals surface area contributed by atoms with Gasteiger partial charge in [0.05, 0.1) is 6.20 Å². The van der Waals surface area contributed by atoms with Gasteiger partial charge in [-0.3, -0.25) is 4.79 Å². The maximum absolute atomic E-state index is 14.0. The summed E-state index contributed by atoms with van der Waals surface area (Å²) in [5.41, 5.74) is 0.296. The highest BCUT2D eigenvalue weighted by Gasteiger charge is 2.49. The second-order valence-electron chi connectivity index (χ2n) is 8.22. The third-order valence-electron chi connectivity index (χ3n) is 5.82. The molecule has 1 aromatic heterocycles. The SMILES string of the molecule is CC1(C)C[C@@H]2CN(C(=O)c3ncc(F)cc3F)CC[C@@H]2N1c1cccc(F)c1. The molecule has 7 heteroatoms. The first-order valence-corrected chi connectivity index (χ1v) is 9.41. The van der Waals surface area contributed by atoms with Gasteiger partial charge in [0.15, 0.2) is 11.5 Å². The van der Waals surface area contributed by atoms with Crippen LogP contribution >= 0.6 is 0 Å². The average molecular weight is 389 g/mol. The molecule has 0 N–H and O–H groups in total. The van der Waals surface area contributed by atoms with Gasteiger partial charge in [-0.15, -0.1) is 0 Å². The van der Waals surface area contributed by atoms with Crippen LogP contribution in [0.1, 0.15) is 37.2 Å². The number of likely N-dealkylation sites (tertiary alicyclic amines) is 1. The Hall–Kier alpha value is -2.57. The summed E-state index contributed by atoms with van der Waals surface area (Å²) in [6.45, 7) is 5.14. The number of hydrogen-bond donors (Lipinski definition) is 0. The lowest BCUT2D eigenvalue weighted by atomic mass is 9.89. The second kappa shape index (κ2) is 6.79. The Kier molecular flexibility index (Phi) is 4.56. The predicted octanol–water partition coefficient (Wildman–Crippen LogP) is 4.02. The van der Waals surface area contributed by atoms with Gasteiger partial charge < -0.3 is 9.80 Å². The Morgan fingerprint density at radius 1 is 1.18 bits per heavy atom. The maximum Gasteiger partial charge on any atom is 0.275 e. The van der Waals surface area contributed by atoms with Gasteiger partial charge >= 0.3 is 0 Å². The zero-order chi connectivity index (χ0) is 20.1. The molecule has 2 aromatic rings. The van der Waals surface area contributed by atoms with Crippen LogP contribution in [0.25, 0.3) is 0 Å². The van der Waals surface area contributed by atoms with Gasteiger partial charge in [-0.25, -0.2) is 18.2 Å². The summed E-state index contributed by atoms with van der Waals surface area (Å²) in [5, 5.41) is 0. The standard InChI is InChI=1S/C21H22F3N3O/c1-21(2)10-13-12-26(20(28)19-17(24)9-15(23)11-25-19)7-6-18(13)27(21)16-5-3-4-14(22)8-16/h3-5,8-9,11,13,18H,6-7,10,12H2,1-2H3/t13-,18+/m1/s1. The van der Waals surface area contributed by atoms with Gasteiger partial charge in [-0.1, -0.05) is 6.07 Å². The average Bonchev–Trinajstić information content (AvgIpc) is 2.90. The summed E-state index contributed by atoms with van der Waals surface area (Å²) in [6.07, 6.45) is 2.38. The predicted molar refractivity (Wildman–Crippen MR) is 99.5 cm³/mol. The minimum atomic E-state index is -0.944. The van der Waals surface area contributed by atoms with Crippen LogP contribution < -0.4 is 4.90 Å². The van der Waals surface area contributed by atoms with Crippen molar-refractivity contribution in [2.24, 2.45) is 5.92 Å². The number of pyridine rings is 1. The molecule has 1 aromatic carbocycles. The van der Waals surface area contributed by atoms with E-state index in [1.54, 1.807) is 17.0 Å². The number of carbonyl (C=O) groups is 1. The first-order valence-electron chi connectivity index (χ1n) is 9.41. The molecule has 4 nitrogen and oxygen atoms in total. The summed E-state index contributed by atoms with van der Waals surface area (Å²) in [7, 11) is 0. The molecule has 2 aliphatic rings. The van der Waals surface area contributed by atoms with Crippen LogP contribution in [-0.4, -0.2) is 40.5 Å². The Morgan fingerprint density at radius 3 is 2.68 bits per heavy atom. The van der Waals surface area contributed by atoms with Crippen molar-refractivity contribution in [3.05, 3.63) is 59.7 Å². The van der Waals surface area contributed by atoms with Crippen molar-refractivity contribution in [1.82, 2.24) is 9.88 Å². The molecule has 0 spiro atoms. The van der Waals surface area contributed by atoms with Crippen molar-refractivity contribution >= 4 is 11.6 Å². The summed E-state index contributed by atoms with van der Waals surface area (Å²) >= 11 is 0. The van der Waals surface area contributed by atoms with Gasteiger partial charge in [-0.05, 0) is 50.8 Å². The van der Waals surface area contributed by atoms with Crippen LogP contribution in [0, 0.1) is 23.4 Å². The molecule has 2 aliphatic heterocycles. The Bertz CT molecular complexity index is 918. The van der Waals surface area contributed by atoms with E-state index in [0.717, 1.165) is 18.3 Å². The zero-order valence-electron chi connectivity index (χ0n) is 15.8. The maximum atomic E-state index is 14.0. The fraction of sp³-hybridized carbons (Fsp3) is 0.429. The van der Waals surface area contributed by atoms with Crippen molar-refractivity contribution in [3.8, 4) is 0 Å². The van der Waals surface area contributed by atoms with Crippen molar-refractivity contribution in [2.45, 2.75) is 38.3 Å². The first kappa shape index (κ1) is 18.8. The molecule has 1 amide bonds. The molecule has 2 saturated heterocycles. The van der Waals surface area contributed by atoms with E-state index in [4.69, 9.17) is 0 Å². The molecule has 0 unspecified atom stereocenters. The number of rotatable bonds is 2. The fourth-order valence-electron chi connectivity index (χ4n) is 4.82. The number of piperidine rings is 1. The van der Waals surface area contributed by atoms with E-state index in [0.29, 0.717) is 25.6 Å². The molecule has 2 fully saturated rings. The van der Waals surface area contributed by atoms with Gasteiger partial charge in [0.2, 0.25) is 0 Å². The smallest absolute Gasteiger partial charge is 0.275 e. The number of carbonyl (C=O) groups excluding carboxylic acids is 1. The minimum Gasteiger partial charge on any atom is -0.363 e. The van der Waals surface area contributed by atoms with Crippen molar-refractivity contribution in [2.75, 3.05) is 18.0 Å². The van der Waals surface area contributed by atoms with E-state index in [9.17, 15) is 18.0 Å². The van der Waals surface area contributed by atoms with Crippen LogP contribution in [0.5, 0.6) is 0 Å². The molecule has 0 aliphatic carbocycles. The summed E-state index contributed by atoms with van der Waals surface area (Å²) in [5.74, 6) is -2.36. The quantitative estimate of drug-likeness (QED) is 0.779. The van der Waals surface area contributed by atoms with Crippen LogP contribution in [0.3, 0.4) is 0 Å². The number of aromatic nitrogens is 1. The zero-order valence-corrected chi connectivity index (χ0v) is 15.8. The largest absolute Gasteiger partial charge is 0.363 e. The molecule has 0 radical (unpaired) electrons. The lowest BCUT2D eigenvalue weighted by molar-refractivity contribution is 0.0656. The highest BCUT2D eigenvalue weighted by Crippen LogP contribution is 2.44. The molecule has 28 heavy (non-hydrogen) atoms. The Morgan fingerprint density at radius 2 is 1.96 bits per heavy atom. The number of benzene rings is 1. The van der Waals surface area contributed by atoms with Crippen molar-refractivity contribution in [3.63, 3.8) is 0 Å². The molecule has 148 valence electrons. The number of anilines is 1. The molecule has 4 rings (SSSR count). The van der Waals surface area contributed by atoms with Crippen LogP contribution in [0.4, 0.5) is 18.9 Å². The lowest BCUT2D eigenvalue weighted by Crippen LogP contribution is -2.50. The van der Waals surface area contributed by atoms with E-state index >= 15 is 0 Å². The van der Waals surface area contributed by atoms with E-state index in [1.165, 1.54) is 6.07 Å². The number of nitrogens with zero attached hydrogens (tertiary/aromatic N) is 3. The molecular formula is C21H22F3N3O. The second-order valence-corrected chi connectivity index (χ2v) is 8.22. The molecule has 0 saturated carbocycles. The lowest BCUT2D eigenvalue weighted by Gasteiger charge is -2.41. The minimum absolute atomic E-state index is 0.173. The van der Waals surface area contributed by atoms with Gasteiger partial charge in [-0.2, -0.15) is 0 Å². The van der Waals surface area contributed by atoms with E-state index in [1.807, 2.05) is 6.07 Å². The van der Waals surface area contributed by atoms with Crippen LogP contribution in [0.15, 0.2) is 36.5 Å². The third kappa shape index (κ3) is 3.23. The first-order chi connectivity index (χ1) is 13.3. The van der Waals surface area contributed by atoms with Crippen LogP contribution in [-0.2, 0) is 0 Å². The van der Waals surface area contributed by atoms with Crippen LogP contribution in [0.2, 0.25) is 0 Å². The van der Waals surface area contributed by atoms with Crippen molar-refractivity contribution < 1.29 is 18.0 Å². The van der Waals surface area contributed by atoms with Gasteiger partial charge in [0, 0.05) is 36.4 Å². The fourth-order valence-corrected chi connectivity index (χ4v) is 4.82. The van der Waals surface area contributed by atoms with E-state index in [-0.39, 0.29) is 29.0 Å². The van der Waals surface area contributed by atoms with E-state index < -0.39 is 17.5 Å². The molecule has 3 heterocycles. The number of amides is 1. The highest BCUT2D eigenvalue weighted by atomic mass is 19.1. The van der Waals surface area contributed by atoms with E-state index in [2.05, 4.69) is 23.7 Å². The van der Waals surface area contributed by atoms with Gasteiger partial charge in [0.1, 0.15) is 11.6 Å². The third-order valence-corrected chi connectivity index (χ3v) is 5.82. The molecular weight excluding hydrogens is 367 g/mol. The Balaban J connectivity index is 1.56. The summed E-state index contributed by atoms with van der Waals surface area (Å²) in [4.78, 5) is 20.2. The summed E-state index contributed by atoms with van der Waals surface area (Å²) < 4.78 is 40.8. The number of fused-ring (bicyclic) bond motifs is 1. The highest BCUT2D eigenvalue weighted by molar-refractivity contribution is 5.92.